The van der Waals surface area contributed by atoms with Gasteiger partial charge in [0, 0.05) is 42.8 Å². The number of carbonyl (C=O) groups excluding carboxylic acids is 1. The molecular weight excluding hydrogens is 376 g/mol. The number of piperazine rings is 1. The number of amides is 1. The van der Waals surface area contributed by atoms with Gasteiger partial charge in [-0.3, -0.25) is 4.79 Å². The maximum absolute atomic E-state index is 12.6. The highest BCUT2D eigenvalue weighted by atomic mass is 32.2. The van der Waals surface area contributed by atoms with Crippen molar-refractivity contribution in [2.24, 2.45) is 0 Å². The molecule has 0 aliphatic carbocycles. The number of anilines is 1. The van der Waals surface area contributed by atoms with Gasteiger partial charge in [0.15, 0.2) is 11.5 Å². The maximum Gasteiger partial charge on any atom is 0.233 e. The zero-order valence-corrected chi connectivity index (χ0v) is 16.7. The van der Waals surface area contributed by atoms with Crippen molar-refractivity contribution in [2.75, 3.05) is 57.2 Å². The van der Waals surface area contributed by atoms with Gasteiger partial charge in [0.2, 0.25) is 5.91 Å². The summed E-state index contributed by atoms with van der Waals surface area (Å²) in [6.07, 6.45) is 0. The van der Waals surface area contributed by atoms with E-state index in [4.69, 9.17) is 14.2 Å². The molecule has 1 amide bonds. The third-order valence-corrected chi connectivity index (χ3v) is 5.91. The highest BCUT2D eigenvalue weighted by Crippen LogP contribution is 2.34. The van der Waals surface area contributed by atoms with Crippen LogP contribution in [0.25, 0.3) is 0 Å². The average molecular weight is 401 g/mol. The third kappa shape index (κ3) is 4.30. The molecule has 0 spiro atoms. The fourth-order valence-corrected chi connectivity index (χ4v) is 4.20. The lowest BCUT2D eigenvalue weighted by atomic mass is 10.2. The van der Waals surface area contributed by atoms with Gasteiger partial charge in [0.05, 0.1) is 12.9 Å². The van der Waals surface area contributed by atoms with Crippen LogP contribution in [0.4, 0.5) is 5.69 Å². The van der Waals surface area contributed by atoms with Crippen molar-refractivity contribution >= 4 is 23.4 Å². The Hall–Kier alpha value is -2.54. The predicted molar refractivity (Wildman–Crippen MR) is 110 cm³/mol. The van der Waals surface area contributed by atoms with Crippen LogP contribution in [0.2, 0.25) is 0 Å². The molecule has 1 fully saturated rings. The Kier molecular flexibility index (Phi) is 5.81. The van der Waals surface area contributed by atoms with E-state index in [1.165, 1.54) is 0 Å². The molecule has 0 atom stereocenters. The monoisotopic (exact) mass is 400 g/mol. The standard InChI is InChI=1S/C21H24N2O4S/c1-25-17-4-2-3-16(13-17)22-7-9-23(10-8-22)21(24)15-28-18-5-6-19-20(14-18)27-12-11-26-19/h2-6,13-14H,7-12,15H2,1H3. The smallest absolute Gasteiger partial charge is 0.233 e. The van der Waals surface area contributed by atoms with Crippen LogP contribution in [0.3, 0.4) is 0 Å². The number of nitrogens with zero attached hydrogens (tertiary/aromatic N) is 2. The number of methoxy groups -OCH3 is 1. The molecule has 4 rings (SSSR count). The van der Waals surface area contributed by atoms with E-state index in [0.29, 0.717) is 19.0 Å². The van der Waals surface area contributed by atoms with E-state index < -0.39 is 0 Å². The van der Waals surface area contributed by atoms with Gasteiger partial charge in [-0.2, -0.15) is 0 Å². The summed E-state index contributed by atoms with van der Waals surface area (Å²) < 4.78 is 16.5. The van der Waals surface area contributed by atoms with Gasteiger partial charge in [-0.15, -0.1) is 11.8 Å². The summed E-state index contributed by atoms with van der Waals surface area (Å²) in [5, 5.41) is 0. The van der Waals surface area contributed by atoms with Crippen LogP contribution >= 0.6 is 11.8 Å². The zero-order chi connectivity index (χ0) is 19.3. The molecular formula is C21H24N2O4S. The van der Waals surface area contributed by atoms with Crippen molar-refractivity contribution in [1.29, 1.82) is 0 Å². The SMILES string of the molecule is COc1cccc(N2CCN(C(=O)CSc3ccc4c(c3)OCCO4)CC2)c1. The normalized spacial score (nSPS) is 16.0. The van der Waals surface area contributed by atoms with Crippen molar-refractivity contribution in [3.63, 3.8) is 0 Å². The van der Waals surface area contributed by atoms with Crippen molar-refractivity contribution in [2.45, 2.75) is 4.90 Å². The molecule has 2 heterocycles. The van der Waals surface area contributed by atoms with Crippen LogP contribution in [0.5, 0.6) is 17.2 Å². The first-order valence-corrected chi connectivity index (χ1v) is 10.4. The summed E-state index contributed by atoms with van der Waals surface area (Å²) in [6.45, 7) is 4.27. The molecule has 28 heavy (non-hydrogen) atoms. The Morgan fingerprint density at radius 3 is 2.61 bits per heavy atom. The number of benzene rings is 2. The molecule has 2 aliphatic heterocycles. The molecule has 0 aromatic heterocycles. The number of hydrogen-bond donors (Lipinski definition) is 0. The van der Waals surface area contributed by atoms with Gasteiger partial charge in [-0.05, 0) is 30.3 Å². The van der Waals surface area contributed by atoms with Gasteiger partial charge in [0.1, 0.15) is 19.0 Å². The van der Waals surface area contributed by atoms with E-state index in [9.17, 15) is 4.79 Å². The van der Waals surface area contributed by atoms with Crippen molar-refractivity contribution < 1.29 is 19.0 Å². The summed E-state index contributed by atoms with van der Waals surface area (Å²) in [7, 11) is 1.68. The van der Waals surface area contributed by atoms with E-state index in [2.05, 4.69) is 11.0 Å². The lowest BCUT2D eigenvalue weighted by molar-refractivity contribution is -0.128. The molecule has 0 radical (unpaired) electrons. The topological polar surface area (TPSA) is 51.2 Å². The average Bonchev–Trinajstić information content (AvgIpc) is 2.77. The second kappa shape index (κ2) is 8.65. The van der Waals surface area contributed by atoms with E-state index in [1.54, 1.807) is 18.9 Å². The van der Waals surface area contributed by atoms with Gasteiger partial charge in [0.25, 0.3) is 0 Å². The predicted octanol–water partition coefficient (Wildman–Crippen LogP) is 2.91. The second-order valence-corrected chi connectivity index (χ2v) is 7.71. The van der Waals surface area contributed by atoms with Crippen molar-refractivity contribution in [3.8, 4) is 17.2 Å². The Balaban J connectivity index is 1.28. The van der Waals surface area contributed by atoms with Crippen LogP contribution in [0.1, 0.15) is 0 Å². The van der Waals surface area contributed by atoms with E-state index in [-0.39, 0.29) is 5.91 Å². The van der Waals surface area contributed by atoms with Crippen molar-refractivity contribution in [3.05, 3.63) is 42.5 Å². The first-order chi connectivity index (χ1) is 13.7. The molecule has 7 heteroatoms. The molecule has 2 aromatic rings. The first kappa shape index (κ1) is 18.8. The molecule has 0 unspecified atom stereocenters. The highest BCUT2D eigenvalue weighted by Gasteiger charge is 2.22. The van der Waals surface area contributed by atoms with Crippen LogP contribution in [0.15, 0.2) is 47.4 Å². The van der Waals surface area contributed by atoms with Gasteiger partial charge < -0.3 is 24.0 Å². The summed E-state index contributed by atoms with van der Waals surface area (Å²) >= 11 is 1.54. The van der Waals surface area contributed by atoms with Crippen LogP contribution in [-0.4, -0.2) is 63.1 Å². The first-order valence-electron chi connectivity index (χ1n) is 9.42. The summed E-state index contributed by atoms with van der Waals surface area (Å²) in [6, 6.07) is 13.9. The zero-order valence-electron chi connectivity index (χ0n) is 15.9. The quantitative estimate of drug-likeness (QED) is 0.720. The molecule has 0 N–H and O–H groups in total. The molecule has 1 saturated heterocycles. The number of thioether (sulfide) groups is 1. The lowest BCUT2D eigenvalue weighted by Crippen LogP contribution is -2.49. The summed E-state index contributed by atoms with van der Waals surface area (Å²) in [5.74, 6) is 2.99. The number of carbonyl (C=O) groups is 1. The van der Waals surface area contributed by atoms with Crippen LogP contribution in [0, 0.1) is 0 Å². The number of hydrogen-bond acceptors (Lipinski definition) is 6. The van der Waals surface area contributed by atoms with Gasteiger partial charge in [-0.1, -0.05) is 6.07 Å². The Morgan fingerprint density at radius 1 is 1.04 bits per heavy atom. The Bertz CT molecular complexity index is 837. The minimum absolute atomic E-state index is 0.171. The van der Waals surface area contributed by atoms with Gasteiger partial charge >= 0.3 is 0 Å². The summed E-state index contributed by atoms with van der Waals surface area (Å²) in [4.78, 5) is 17.9. The van der Waals surface area contributed by atoms with E-state index in [0.717, 1.165) is 54.0 Å². The maximum atomic E-state index is 12.6. The number of fused-ring (bicyclic) bond motifs is 1. The second-order valence-electron chi connectivity index (χ2n) is 6.66. The molecule has 0 bridgehead atoms. The fraction of sp³-hybridized carbons (Fsp3) is 0.381. The summed E-state index contributed by atoms with van der Waals surface area (Å²) in [5.41, 5.74) is 1.14. The Morgan fingerprint density at radius 2 is 1.82 bits per heavy atom. The minimum Gasteiger partial charge on any atom is -0.497 e. The van der Waals surface area contributed by atoms with E-state index >= 15 is 0 Å². The van der Waals surface area contributed by atoms with Crippen LogP contribution in [-0.2, 0) is 4.79 Å². The van der Waals surface area contributed by atoms with Gasteiger partial charge in [-0.25, -0.2) is 0 Å². The number of rotatable bonds is 5. The fourth-order valence-electron chi connectivity index (χ4n) is 3.37. The largest absolute Gasteiger partial charge is 0.497 e. The highest BCUT2D eigenvalue weighted by molar-refractivity contribution is 8.00. The number of ether oxygens (including phenoxy) is 3. The minimum atomic E-state index is 0.171. The molecule has 6 nitrogen and oxygen atoms in total. The van der Waals surface area contributed by atoms with Crippen molar-refractivity contribution in [1.82, 2.24) is 4.90 Å². The third-order valence-electron chi connectivity index (χ3n) is 4.93. The molecule has 0 saturated carbocycles. The lowest BCUT2D eigenvalue weighted by Gasteiger charge is -2.36. The Labute approximate surface area is 169 Å². The molecule has 2 aromatic carbocycles. The molecule has 2 aliphatic rings. The molecule has 148 valence electrons. The van der Waals surface area contributed by atoms with E-state index in [1.807, 2.05) is 41.3 Å². The van der Waals surface area contributed by atoms with Crippen LogP contribution < -0.4 is 19.1 Å².